The summed E-state index contributed by atoms with van der Waals surface area (Å²) in [7, 11) is 0. The Balaban J connectivity index is 1.68. The van der Waals surface area contributed by atoms with E-state index in [2.05, 4.69) is 32.0 Å². The highest BCUT2D eigenvalue weighted by atomic mass is 16.1. The van der Waals surface area contributed by atoms with E-state index < -0.39 is 0 Å². The number of amides is 1. The second-order valence-electron chi connectivity index (χ2n) is 4.98. The summed E-state index contributed by atoms with van der Waals surface area (Å²) < 4.78 is 0. The molecule has 1 amide bonds. The summed E-state index contributed by atoms with van der Waals surface area (Å²) in [5.41, 5.74) is 0. The van der Waals surface area contributed by atoms with Crippen LogP contribution in [0.1, 0.15) is 19.8 Å². The second kappa shape index (κ2) is 7.79. The number of piperazine rings is 1. The normalized spacial score (nSPS) is 16.1. The van der Waals surface area contributed by atoms with Crippen molar-refractivity contribution in [1.82, 2.24) is 20.2 Å². The van der Waals surface area contributed by atoms with E-state index >= 15 is 0 Å². The van der Waals surface area contributed by atoms with Gasteiger partial charge < -0.3 is 10.2 Å². The van der Waals surface area contributed by atoms with Gasteiger partial charge in [0.2, 0.25) is 11.9 Å². The number of rotatable bonds is 6. The van der Waals surface area contributed by atoms with Gasteiger partial charge in [0.25, 0.3) is 0 Å². The van der Waals surface area contributed by atoms with Crippen LogP contribution >= 0.6 is 0 Å². The summed E-state index contributed by atoms with van der Waals surface area (Å²) in [4.78, 5) is 24.6. The Morgan fingerprint density at radius 3 is 2.60 bits per heavy atom. The molecule has 0 unspecified atom stereocenters. The van der Waals surface area contributed by atoms with Crippen molar-refractivity contribution in [1.29, 1.82) is 0 Å². The summed E-state index contributed by atoms with van der Waals surface area (Å²) >= 11 is 0. The van der Waals surface area contributed by atoms with Crippen LogP contribution in [-0.2, 0) is 4.79 Å². The lowest BCUT2D eigenvalue weighted by molar-refractivity contribution is -0.121. The van der Waals surface area contributed by atoms with E-state index in [1.165, 1.54) is 0 Å². The maximum absolute atomic E-state index is 11.6. The Hall–Kier alpha value is -1.69. The molecule has 1 fully saturated rings. The molecule has 2 rings (SSSR count). The Bertz CT molecular complexity index is 403. The fourth-order valence-corrected chi connectivity index (χ4v) is 2.24. The summed E-state index contributed by atoms with van der Waals surface area (Å²) in [6.07, 6.45) is 5.11. The first-order valence-electron chi connectivity index (χ1n) is 7.30. The molecule has 0 spiro atoms. The van der Waals surface area contributed by atoms with Gasteiger partial charge in [-0.05, 0) is 12.5 Å². The van der Waals surface area contributed by atoms with Crippen molar-refractivity contribution in [2.24, 2.45) is 0 Å². The number of carbonyl (C=O) groups is 1. The smallest absolute Gasteiger partial charge is 0.225 e. The molecule has 110 valence electrons. The highest BCUT2D eigenvalue weighted by molar-refractivity contribution is 5.75. The minimum atomic E-state index is 0.153. The first-order chi connectivity index (χ1) is 9.79. The molecule has 0 aromatic carbocycles. The van der Waals surface area contributed by atoms with Crippen molar-refractivity contribution in [3.63, 3.8) is 0 Å². The van der Waals surface area contributed by atoms with Gasteiger partial charge in [-0.2, -0.15) is 0 Å². The molecule has 6 nitrogen and oxygen atoms in total. The fourth-order valence-electron chi connectivity index (χ4n) is 2.24. The average Bonchev–Trinajstić information content (AvgIpc) is 2.52. The Morgan fingerprint density at radius 2 is 1.95 bits per heavy atom. The van der Waals surface area contributed by atoms with Crippen molar-refractivity contribution in [2.45, 2.75) is 19.8 Å². The molecule has 1 aliphatic heterocycles. The summed E-state index contributed by atoms with van der Waals surface area (Å²) in [5.74, 6) is 0.952. The molecule has 2 heterocycles. The van der Waals surface area contributed by atoms with Gasteiger partial charge in [0.1, 0.15) is 0 Å². The number of hydrogen-bond donors (Lipinski definition) is 1. The Labute approximate surface area is 120 Å². The van der Waals surface area contributed by atoms with Crippen LogP contribution in [0.25, 0.3) is 0 Å². The molecule has 1 N–H and O–H groups in total. The maximum Gasteiger partial charge on any atom is 0.225 e. The number of aromatic nitrogens is 2. The zero-order valence-electron chi connectivity index (χ0n) is 12.1. The molecule has 1 aliphatic rings. The lowest BCUT2D eigenvalue weighted by Gasteiger charge is -2.34. The van der Waals surface area contributed by atoms with Gasteiger partial charge in [0.15, 0.2) is 0 Å². The van der Waals surface area contributed by atoms with Crippen LogP contribution < -0.4 is 10.2 Å². The molecule has 0 saturated carbocycles. The van der Waals surface area contributed by atoms with Crippen LogP contribution in [0.3, 0.4) is 0 Å². The number of carbonyl (C=O) groups excluding carboxylic acids is 1. The first-order valence-corrected chi connectivity index (χ1v) is 7.30. The molecule has 0 radical (unpaired) electrons. The van der Waals surface area contributed by atoms with E-state index in [9.17, 15) is 4.79 Å². The van der Waals surface area contributed by atoms with Gasteiger partial charge in [0.05, 0.1) is 0 Å². The van der Waals surface area contributed by atoms with Crippen molar-refractivity contribution in [2.75, 3.05) is 44.2 Å². The Kier molecular flexibility index (Phi) is 5.73. The Morgan fingerprint density at radius 1 is 1.25 bits per heavy atom. The number of nitrogens with one attached hydrogen (secondary N) is 1. The topological polar surface area (TPSA) is 61.4 Å². The predicted molar refractivity (Wildman–Crippen MR) is 78.6 cm³/mol. The van der Waals surface area contributed by atoms with Gasteiger partial charge in [-0.1, -0.05) is 6.92 Å². The van der Waals surface area contributed by atoms with Gasteiger partial charge in [0, 0.05) is 58.1 Å². The molecular formula is C14H23N5O. The van der Waals surface area contributed by atoms with E-state index in [1.807, 2.05) is 6.07 Å². The average molecular weight is 277 g/mol. The van der Waals surface area contributed by atoms with Crippen molar-refractivity contribution in [3.05, 3.63) is 18.5 Å². The quantitative estimate of drug-likeness (QED) is 0.821. The van der Waals surface area contributed by atoms with Crippen molar-refractivity contribution in [3.8, 4) is 0 Å². The molecule has 1 aromatic rings. The van der Waals surface area contributed by atoms with Crippen molar-refractivity contribution < 1.29 is 4.79 Å². The summed E-state index contributed by atoms with van der Waals surface area (Å²) in [6, 6.07) is 1.83. The van der Waals surface area contributed by atoms with Crippen LogP contribution in [-0.4, -0.2) is 60.0 Å². The first kappa shape index (κ1) is 14.7. The largest absolute Gasteiger partial charge is 0.356 e. The third-order valence-corrected chi connectivity index (χ3v) is 3.43. The lowest BCUT2D eigenvalue weighted by atomic mass is 10.3. The predicted octanol–water partition coefficient (Wildman–Crippen LogP) is 0.515. The van der Waals surface area contributed by atoms with Gasteiger partial charge in [-0.3, -0.25) is 9.69 Å². The van der Waals surface area contributed by atoms with Crippen LogP contribution in [0.5, 0.6) is 0 Å². The number of hydrogen-bond acceptors (Lipinski definition) is 5. The van der Waals surface area contributed by atoms with Gasteiger partial charge in [-0.15, -0.1) is 0 Å². The molecule has 6 heteroatoms. The fraction of sp³-hybridized carbons (Fsp3) is 0.643. The molecule has 1 saturated heterocycles. The van der Waals surface area contributed by atoms with Gasteiger partial charge >= 0.3 is 0 Å². The van der Waals surface area contributed by atoms with E-state index in [-0.39, 0.29) is 5.91 Å². The second-order valence-corrected chi connectivity index (χ2v) is 4.98. The van der Waals surface area contributed by atoms with Crippen LogP contribution in [0.15, 0.2) is 18.5 Å². The van der Waals surface area contributed by atoms with E-state index in [0.717, 1.165) is 51.6 Å². The van der Waals surface area contributed by atoms with E-state index in [4.69, 9.17) is 0 Å². The van der Waals surface area contributed by atoms with Crippen LogP contribution in [0, 0.1) is 0 Å². The lowest BCUT2D eigenvalue weighted by Crippen LogP contribution is -2.47. The number of nitrogens with zero attached hydrogens (tertiary/aromatic N) is 4. The highest BCUT2D eigenvalue weighted by Gasteiger charge is 2.18. The molecule has 1 aromatic heterocycles. The molecule has 0 bridgehead atoms. The summed E-state index contributed by atoms with van der Waals surface area (Å²) in [5, 5.41) is 2.91. The van der Waals surface area contributed by atoms with Crippen molar-refractivity contribution >= 4 is 11.9 Å². The van der Waals surface area contributed by atoms with E-state index in [0.29, 0.717) is 6.42 Å². The summed E-state index contributed by atoms with van der Waals surface area (Å²) in [6.45, 7) is 7.42. The maximum atomic E-state index is 11.6. The minimum absolute atomic E-state index is 0.153. The molecule has 20 heavy (non-hydrogen) atoms. The standard InChI is InChI=1S/C14H23N5O/c1-2-5-15-13(20)4-8-18-9-11-19(12-10-18)14-16-6-3-7-17-14/h3,6-7H,2,4-5,8-12H2,1H3,(H,15,20). The SMILES string of the molecule is CCCNC(=O)CCN1CCN(c2ncccn2)CC1. The zero-order chi connectivity index (χ0) is 14.2. The molecule has 0 aliphatic carbocycles. The van der Waals surface area contributed by atoms with Gasteiger partial charge in [-0.25, -0.2) is 9.97 Å². The van der Waals surface area contributed by atoms with E-state index in [1.54, 1.807) is 12.4 Å². The minimum Gasteiger partial charge on any atom is -0.356 e. The zero-order valence-corrected chi connectivity index (χ0v) is 12.1. The monoisotopic (exact) mass is 277 g/mol. The molecule has 0 atom stereocenters. The highest BCUT2D eigenvalue weighted by Crippen LogP contribution is 2.09. The third-order valence-electron chi connectivity index (χ3n) is 3.43. The third kappa shape index (κ3) is 4.45. The van der Waals surface area contributed by atoms with Crippen LogP contribution in [0.4, 0.5) is 5.95 Å². The number of anilines is 1. The van der Waals surface area contributed by atoms with Crippen LogP contribution in [0.2, 0.25) is 0 Å². The molecular weight excluding hydrogens is 254 g/mol.